The number of para-hydroxylation sites is 1. The van der Waals surface area contributed by atoms with Gasteiger partial charge in [0.05, 0.1) is 18.3 Å². The van der Waals surface area contributed by atoms with Gasteiger partial charge in [-0.05, 0) is 17.2 Å². The maximum absolute atomic E-state index is 12.0. The lowest BCUT2D eigenvalue weighted by Crippen LogP contribution is -1.99. The SMILES string of the molecule is COc1cccc2c(-c3ccccc3)c(-c3ccccc3)n(C=O)c12. The average molecular weight is 327 g/mol. The van der Waals surface area contributed by atoms with Crippen LogP contribution in [0.2, 0.25) is 0 Å². The summed E-state index contributed by atoms with van der Waals surface area (Å²) in [6, 6.07) is 26.0. The highest BCUT2D eigenvalue weighted by atomic mass is 16.5. The number of aromatic nitrogens is 1. The molecular weight excluding hydrogens is 310 g/mol. The van der Waals surface area contributed by atoms with Crippen LogP contribution in [0.5, 0.6) is 5.75 Å². The molecule has 4 rings (SSSR count). The van der Waals surface area contributed by atoms with E-state index in [2.05, 4.69) is 12.1 Å². The molecule has 0 bridgehead atoms. The molecule has 3 heteroatoms. The van der Waals surface area contributed by atoms with E-state index in [1.165, 1.54) is 0 Å². The number of ether oxygens (including phenoxy) is 1. The molecule has 0 atom stereocenters. The smallest absolute Gasteiger partial charge is 0.218 e. The van der Waals surface area contributed by atoms with E-state index >= 15 is 0 Å². The number of methoxy groups -OCH3 is 1. The van der Waals surface area contributed by atoms with Crippen LogP contribution < -0.4 is 4.74 Å². The molecule has 0 spiro atoms. The fourth-order valence-electron chi connectivity index (χ4n) is 3.38. The molecule has 0 aliphatic heterocycles. The van der Waals surface area contributed by atoms with Gasteiger partial charge in [0.15, 0.2) is 0 Å². The van der Waals surface area contributed by atoms with Crippen LogP contribution in [0.25, 0.3) is 33.3 Å². The predicted molar refractivity (Wildman–Crippen MR) is 102 cm³/mol. The van der Waals surface area contributed by atoms with Crippen LogP contribution in [-0.4, -0.2) is 18.1 Å². The highest BCUT2D eigenvalue weighted by Gasteiger charge is 2.21. The van der Waals surface area contributed by atoms with E-state index in [1.807, 2.05) is 66.7 Å². The molecule has 0 aliphatic carbocycles. The van der Waals surface area contributed by atoms with Crippen molar-refractivity contribution in [3.63, 3.8) is 0 Å². The molecule has 4 aromatic rings. The first-order valence-electron chi connectivity index (χ1n) is 8.12. The second kappa shape index (κ2) is 6.29. The van der Waals surface area contributed by atoms with Crippen molar-refractivity contribution in [1.82, 2.24) is 4.57 Å². The van der Waals surface area contributed by atoms with E-state index in [4.69, 9.17) is 4.74 Å². The Kier molecular flexibility index (Phi) is 3.82. The first-order valence-corrected chi connectivity index (χ1v) is 8.12. The van der Waals surface area contributed by atoms with E-state index in [0.717, 1.165) is 39.7 Å². The Morgan fingerprint density at radius 2 is 1.44 bits per heavy atom. The van der Waals surface area contributed by atoms with Gasteiger partial charge in [0, 0.05) is 10.9 Å². The summed E-state index contributed by atoms with van der Waals surface area (Å²) in [5, 5.41) is 0.997. The summed E-state index contributed by atoms with van der Waals surface area (Å²) >= 11 is 0. The lowest BCUT2D eigenvalue weighted by Gasteiger charge is -2.08. The largest absolute Gasteiger partial charge is 0.495 e. The van der Waals surface area contributed by atoms with E-state index in [9.17, 15) is 4.79 Å². The molecule has 1 aromatic heterocycles. The van der Waals surface area contributed by atoms with Crippen molar-refractivity contribution in [1.29, 1.82) is 0 Å². The monoisotopic (exact) mass is 327 g/mol. The van der Waals surface area contributed by atoms with Crippen molar-refractivity contribution < 1.29 is 9.53 Å². The zero-order chi connectivity index (χ0) is 17.2. The van der Waals surface area contributed by atoms with Crippen molar-refractivity contribution in [2.24, 2.45) is 0 Å². The van der Waals surface area contributed by atoms with Gasteiger partial charge < -0.3 is 4.74 Å². The zero-order valence-electron chi connectivity index (χ0n) is 13.8. The Morgan fingerprint density at radius 1 is 0.800 bits per heavy atom. The number of hydrogen-bond donors (Lipinski definition) is 0. The quantitative estimate of drug-likeness (QED) is 0.493. The maximum Gasteiger partial charge on any atom is 0.218 e. The third-order valence-electron chi connectivity index (χ3n) is 4.42. The molecule has 3 aromatic carbocycles. The van der Waals surface area contributed by atoms with E-state index < -0.39 is 0 Å². The molecule has 3 nitrogen and oxygen atoms in total. The summed E-state index contributed by atoms with van der Waals surface area (Å²) in [4.78, 5) is 12.0. The molecule has 0 amide bonds. The van der Waals surface area contributed by atoms with Gasteiger partial charge in [0.2, 0.25) is 6.41 Å². The molecule has 1 heterocycles. The number of carbonyl (C=O) groups is 1. The summed E-state index contributed by atoms with van der Waals surface area (Å²) in [7, 11) is 1.63. The molecule has 0 unspecified atom stereocenters. The molecule has 0 N–H and O–H groups in total. The van der Waals surface area contributed by atoms with Crippen LogP contribution in [0, 0.1) is 0 Å². The lowest BCUT2D eigenvalue weighted by molar-refractivity contribution is 0.418. The van der Waals surface area contributed by atoms with Crippen LogP contribution >= 0.6 is 0 Å². The second-order valence-corrected chi connectivity index (χ2v) is 5.79. The molecule has 25 heavy (non-hydrogen) atoms. The van der Waals surface area contributed by atoms with Gasteiger partial charge in [-0.1, -0.05) is 72.8 Å². The number of benzene rings is 3. The topological polar surface area (TPSA) is 31.2 Å². The number of rotatable bonds is 4. The molecule has 122 valence electrons. The zero-order valence-corrected chi connectivity index (χ0v) is 13.8. The maximum atomic E-state index is 12.0. The van der Waals surface area contributed by atoms with Crippen LogP contribution in [0.4, 0.5) is 0 Å². The fraction of sp³-hybridized carbons (Fsp3) is 0.0455. The first kappa shape index (κ1) is 15.2. The van der Waals surface area contributed by atoms with Crippen molar-refractivity contribution in [2.75, 3.05) is 7.11 Å². The Balaban J connectivity index is 2.20. The van der Waals surface area contributed by atoms with Gasteiger partial charge in [-0.15, -0.1) is 0 Å². The Labute approximate surface area is 146 Å². The van der Waals surface area contributed by atoms with Gasteiger partial charge in [0.25, 0.3) is 0 Å². The third-order valence-corrected chi connectivity index (χ3v) is 4.42. The molecule has 0 fully saturated rings. The van der Waals surface area contributed by atoms with Crippen molar-refractivity contribution in [2.45, 2.75) is 0 Å². The Bertz CT molecular complexity index is 1030. The Hall–Kier alpha value is -3.33. The summed E-state index contributed by atoms with van der Waals surface area (Å²) < 4.78 is 7.22. The Morgan fingerprint density at radius 3 is 2.04 bits per heavy atom. The van der Waals surface area contributed by atoms with E-state index in [-0.39, 0.29) is 0 Å². The number of nitrogens with zero attached hydrogens (tertiary/aromatic N) is 1. The second-order valence-electron chi connectivity index (χ2n) is 5.79. The van der Waals surface area contributed by atoms with Gasteiger partial charge in [-0.3, -0.25) is 9.36 Å². The highest BCUT2D eigenvalue weighted by Crippen LogP contribution is 2.42. The van der Waals surface area contributed by atoms with Gasteiger partial charge in [0.1, 0.15) is 5.75 Å². The summed E-state index contributed by atoms with van der Waals surface area (Å²) in [6.07, 6.45) is 0.861. The minimum Gasteiger partial charge on any atom is -0.495 e. The molecule has 0 saturated carbocycles. The standard InChI is InChI=1S/C22H17NO2/c1-25-19-14-8-13-18-20(16-9-4-2-5-10-16)21(23(15-24)22(18)19)17-11-6-3-7-12-17/h2-15H,1H3. The van der Waals surface area contributed by atoms with Crippen LogP contribution in [-0.2, 0) is 4.79 Å². The summed E-state index contributed by atoms with van der Waals surface area (Å²) in [5.41, 5.74) is 4.76. The first-order chi connectivity index (χ1) is 12.3. The average Bonchev–Trinajstić information content (AvgIpc) is 3.03. The molecular formula is C22H17NO2. The fourth-order valence-corrected chi connectivity index (χ4v) is 3.38. The van der Waals surface area contributed by atoms with Crippen LogP contribution in [0.1, 0.15) is 0 Å². The van der Waals surface area contributed by atoms with E-state index in [1.54, 1.807) is 11.7 Å². The van der Waals surface area contributed by atoms with Crippen molar-refractivity contribution in [3.8, 4) is 28.1 Å². The minimum absolute atomic E-state index is 0.684. The molecule has 0 radical (unpaired) electrons. The lowest BCUT2D eigenvalue weighted by atomic mass is 9.98. The summed E-state index contributed by atoms with van der Waals surface area (Å²) in [6.45, 7) is 0. The third kappa shape index (κ3) is 2.41. The van der Waals surface area contributed by atoms with Gasteiger partial charge in [-0.2, -0.15) is 0 Å². The normalized spacial score (nSPS) is 10.8. The van der Waals surface area contributed by atoms with Gasteiger partial charge >= 0.3 is 0 Å². The number of carbonyl (C=O) groups excluding carboxylic acids is 1. The number of hydrogen-bond acceptors (Lipinski definition) is 2. The molecule has 0 aliphatic rings. The van der Waals surface area contributed by atoms with Crippen molar-refractivity contribution in [3.05, 3.63) is 78.9 Å². The minimum atomic E-state index is 0.684. The van der Waals surface area contributed by atoms with Crippen LogP contribution in [0.15, 0.2) is 78.9 Å². The predicted octanol–water partition coefficient (Wildman–Crippen LogP) is 5.02. The van der Waals surface area contributed by atoms with Crippen LogP contribution in [0.3, 0.4) is 0 Å². The molecule has 0 saturated heterocycles. The summed E-state index contributed by atoms with van der Waals surface area (Å²) in [5.74, 6) is 0.684. The number of fused-ring (bicyclic) bond motifs is 1. The van der Waals surface area contributed by atoms with E-state index in [0.29, 0.717) is 5.75 Å². The highest BCUT2D eigenvalue weighted by molar-refractivity contribution is 6.09. The van der Waals surface area contributed by atoms with Gasteiger partial charge in [-0.25, -0.2) is 0 Å². The van der Waals surface area contributed by atoms with Crippen molar-refractivity contribution >= 4 is 17.3 Å².